The lowest BCUT2D eigenvalue weighted by Gasteiger charge is -2.46. The Labute approximate surface area is 112 Å². The first-order chi connectivity index (χ1) is 9.21. The summed E-state index contributed by atoms with van der Waals surface area (Å²) in [4.78, 5) is 17.0. The highest BCUT2D eigenvalue weighted by molar-refractivity contribution is 5.92. The van der Waals surface area contributed by atoms with Gasteiger partial charge in [-0.2, -0.15) is 0 Å². The normalized spacial score (nSPS) is 26.6. The first-order valence-corrected chi connectivity index (χ1v) is 6.96. The van der Waals surface area contributed by atoms with E-state index >= 15 is 0 Å². The number of aromatic nitrogens is 1. The van der Waals surface area contributed by atoms with Crippen molar-refractivity contribution in [1.29, 1.82) is 0 Å². The number of nitrogens with one attached hydrogen (secondary N) is 1. The molecule has 5 nitrogen and oxygen atoms in total. The molecule has 1 aromatic heterocycles. The molecule has 0 unspecified atom stereocenters. The summed E-state index contributed by atoms with van der Waals surface area (Å²) in [5, 5.41) is 10.2. The van der Waals surface area contributed by atoms with Gasteiger partial charge in [-0.05, 0) is 37.8 Å². The lowest BCUT2D eigenvalue weighted by atomic mass is 9.82. The Kier molecular flexibility index (Phi) is 3.33. The summed E-state index contributed by atoms with van der Waals surface area (Å²) < 4.78 is 5.84. The number of amides is 1. The Balaban J connectivity index is 1.64. The molecule has 2 saturated heterocycles. The molecule has 2 aliphatic heterocycles. The Morgan fingerprint density at radius 2 is 2.26 bits per heavy atom. The number of aliphatic hydroxyl groups is 1. The molecule has 104 valence electrons. The van der Waals surface area contributed by atoms with Gasteiger partial charge < -0.3 is 19.7 Å². The van der Waals surface area contributed by atoms with Gasteiger partial charge in [0.2, 0.25) is 0 Å². The molecule has 0 bridgehead atoms. The Hall–Kier alpha value is -1.33. The fraction of sp³-hybridized carbons (Fsp3) is 0.643. The Bertz CT molecular complexity index is 436. The van der Waals surface area contributed by atoms with Crippen LogP contribution in [0.3, 0.4) is 0 Å². The van der Waals surface area contributed by atoms with Gasteiger partial charge in [-0.1, -0.05) is 0 Å². The molecular formula is C14H20N2O3. The van der Waals surface area contributed by atoms with E-state index in [1.54, 1.807) is 12.3 Å². The van der Waals surface area contributed by atoms with E-state index in [1.165, 1.54) is 0 Å². The molecule has 0 saturated carbocycles. The number of H-pyrrole nitrogens is 1. The summed E-state index contributed by atoms with van der Waals surface area (Å²) >= 11 is 0. The van der Waals surface area contributed by atoms with Gasteiger partial charge in [0.1, 0.15) is 5.69 Å². The van der Waals surface area contributed by atoms with Crippen LogP contribution < -0.4 is 0 Å². The second-order valence-electron chi connectivity index (χ2n) is 5.45. The van der Waals surface area contributed by atoms with E-state index in [1.807, 2.05) is 11.0 Å². The van der Waals surface area contributed by atoms with Gasteiger partial charge in [-0.25, -0.2) is 0 Å². The largest absolute Gasteiger partial charge is 0.390 e. The van der Waals surface area contributed by atoms with E-state index in [-0.39, 0.29) is 12.0 Å². The lowest BCUT2D eigenvalue weighted by molar-refractivity contribution is -0.174. The minimum absolute atomic E-state index is 0.0325. The fourth-order valence-corrected chi connectivity index (χ4v) is 3.11. The van der Waals surface area contributed by atoms with Crippen LogP contribution in [0, 0.1) is 0 Å². The third-order valence-corrected chi connectivity index (χ3v) is 4.34. The molecule has 19 heavy (non-hydrogen) atoms. The van der Waals surface area contributed by atoms with Crippen molar-refractivity contribution in [3.05, 3.63) is 24.0 Å². The Morgan fingerprint density at radius 3 is 2.89 bits per heavy atom. The number of carbonyl (C=O) groups is 1. The van der Waals surface area contributed by atoms with Gasteiger partial charge in [-0.3, -0.25) is 4.79 Å². The topological polar surface area (TPSA) is 65.6 Å². The maximum atomic E-state index is 12.2. The quantitative estimate of drug-likeness (QED) is 0.800. The van der Waals surface area contributed by atoms with Gasteiger partial charge in [0, 0.05) is 25.9 Å². The summed E-state index contributed by atoms with van der Waals surface area (Å²) in [5.74, 6) is 0.0325. The molecule has 2 aliphatic rings. The van der Waals surface area contributed by atoms with E-state index in [4.69, 9.17) is 4.74 Å². The highest BCUT2D eigenvalue weighted by Crippen LogP contribution is 2.35. The molecule has 5 heteroatoms. The summed E-state index contributed by atoms with van der Waals surface area (Å²) in [7, 11) is 0. The number of hydrogen-bond acceptors (Lipinski definition) is 3. The smallest absolute Gasteiger partial charge is 0.270 e. The third-order valence-electron chi connectivity index (χ3n) is 4.34. The second-order valence-corrected chi connectivity index (χ2v) is 5.45. The van der Waals surface area contributed by atoms with Crippen LogP contribution in [-0.4, -0.2) is 52.3 Å². The fourth-order valence-electron chi connectivity index (χ4n) is 3.11. The molecule has 1 aromatic rings. The second kappa shape index (κ2) is 4.98. The van der Waals surface area contributed by atoms with Crippen LogP contribution >= 0.6 is 0 Å². The van der Waals surface area contributed by atoms with Gasteiger partial charge in [0.05, 0.1) is 11.7 Å². The number of aliphatic hydroxyl groups excluding tert-OH is 1. The number of rotatable bonds is 1. The van der Waals surface area contributed by atoms with E-state index < -0.39 is 5.60 Å². The molecule has 3 heterocycles. The maximum absolute atomic E-state index is 12.2. The van der Waals surface area contributed by atoms with Crippen molar-refractivity contribution in [3.8, 4) is 0 Å². The predicted octanol–water partition coefficient (Wildman–Crippen LogP) is 1.16. The molecule has 1 amide bonds. The maximum Gasteiger partial charge on any atom is 0.270 e. The zero-order chi connectivity index (χ0) is 13.3. The monoisotopic (exact) mass is 264 g/mol. The Morgan fingerprint density at radius 1 is 1.47 bits per heavy atom. The summed E-state index contributed by atoms with van der Waals surface area (Å²) in [6.07, 6.45) is 4.55. The minimum Gasteiger partial charge on any atom is -0.390 e. The van der Waals surface area contributed by atoms with E-state index in [9.17, 15) is 9.90 Å². The van der Waals surface area contributed by atoms with E-state index in [2.05, 4.69) is 4.98 Å². The van der Waals surface area contributed by atoms with Crippen LogP contribution in [0.15, 0.2) is 18.3 Å². The lowest BCUT2D eigenvalue weighted by Crippen LogP contribution is -2.56. The zero-order valence-electron chi connectivity index (χ0n) is 11.0. The molecule has 1 spiro atoms. The molecule has 1 atom stereocenters. The van der Waals surface area contributed by atoms with Crippen molar-refractivity contribution in [1.82, 2.24) is 9.88 Å². The highest BCUT2D eigenvalue weighted by Gasteiger charge is 2.44. The van der Waals surface area contributed by atoms with Crippen molar-refractivity contribution in [2.24, 2.45) is 0 Å². The van der Waals surface area contributed by atoms with E-state index in [0.29, 0.717) is 18.8 Å². The number of piperidine rings is 1. The van der Waals surface area contributed by atoms with Gasteiger partial charge in [0.25, 0.3) is 5.91 Å². The van der Waals surface area contributed by atoms with Crippen LogP contribution in [0.5, 0.6) is 0 Å². The van der Waals surface area contributed by atoms with Crippen LogP contribution in [0.25, 0.3) is 0 Å². The van der Waals surface area contributed by atoms with Gasteiger partial charge in [-0.15, -0.1) is 0 Å². The number of hydrogen-bond donors (Lipinski definition) is 2. The zero-order valence-corrected chi connectivity index (χ0v) is 11.0. The summed E-state index contributed by atoms with van der Waals surface area (Å²) in [6.45, 7) is 2.02. The number of ether oxygens (including phenoxy) is 1. The predicted molar refractivity (Wildman–Crippen MR) is 69.9 cm³/mol. The third kappa shape index (κ3) is 2.28. The average Bonchev–Trinajstić information content (AvgIpc) is 2.96. The molecule has 0 aliphatic carbocycles. The van der Waals surface area contributed by atoms with E-state index in [0.717, 1.165) is 32.3 Å². The number of likely N-dealkylation sites (tertiary alicyclic amines) is 1. The van der Waals surface area contributed by atoms with Gasteiger partial charge >= 0.3 is 0 Å². The molecule has 3 rings (SSSR count). The van der Waals surface area contributed by atoms with Crippen LogP contribution in [0.1, 0.15) is 36.2 Å². The van der Waals surface area contributed by atoms with Crippen molar-refractivity contribution in [2.75, 3.05) is 19.7 Å². The molecule has 2 N–H and O–H groups in total. The van der Waals surface area contributed by atoms with Crippen molar-refractivity contribution in [2.45, 2.75) is 37.4 Å². The summed E-state index contributed by atoms with van der Waals surface area (Å²) in [6, 6.07) is 3.62. The number of nitrogens with zero attached hydrogens (tertiary/aromatic N) is 1. The molecular weight excluding hydrogens is 244 g/mol. The first-order valence-electron chi connectivity index (χ1n) is 6.96. The average molecular weight is 264 g/mol. The van der Waals surface area contributed by atoms with Crippen molar-refractivity contribution < 1.29 is 14.6 Å². The van der Waals surface area contributed by atoms with Crippen LogP contribution in [0.4, 0.5) is 0 Å². The minimum atomic E-state index is -0.412. The number of aromatic amines is 1. The number of carbonyl (C=O) groups excluding carboxylic acids is 1. The molecule has 0 radical (unpaired) electrons. The summed E-state index contributed by atoms with van der Waals surface area (Å²) in [5.41, 5.74) is 0.214. The standard InChI is InChI=1S/C14H20N2O3/c17-12-4-2-10-19-14(12)5-8-16(9-6-14)13(18)11-3-1-7-15-11/h1,3,7,12,15,17H,2,4-6,8-10H2/t12-/m0/s1. The van der Waals surface area contributed by atoms with Crippen molar-refractivity contribution >= 4 is 5.91 Å². The molecule has 2 fully saturated rings. The molecule has 0 aromatic carbocycles. The van der Waals surface area contributed by atoms with Gasteiger partial charge in [0.15, 0.2) is 0 Å². The SMILES string of the molecule is O=C(c1ccc[nH]1)N1CCC2(CC1)OCCC[C@@H]2O. The van der Waals surface area contributed by atoms with Crippen LogP contribution in [-0.2, 0) is 4.74 Å². The highest BCUT2D eigenvalue weighted by atomic mass is 16.5. The first kappa shape index (κ1) is 12.7. The van der Waals surface area contributed by atoms with Crippen LogP contribution in [0.2, 0.25) is 0 Å². The van der Waals surface area contributed by atoms with Crippen molar-refractivity contribution in [3.63, 3.8) is 0 Å².